The van der Waals surface area contributed by atoms with Crippen LogP contribution in [0.3, 0.4) is 0 Å². The number of aryl methyl sites for hydroxylation is 4. The molecule has 0 amide bonds. The summed E-state index contributed by atoms with van der Waals surface area (Å²) in [5, 5.41) is 11.4. The highest BCUT2D eigenvalue weighted by Crippen LogP contribution is 2.43. The summed E-state index contributed by atoms with van der Waals surface area (Å²) in [5.41, 5.74) is 5.41. The molecule has 0 nitrogen and oxygen atoms in total. The quantitative estimate of drug-likeness (QED) is 0.187. The van der Waals surface area contributed by atoms with Gasteiger partial charge in [0.2, 0.25) is 0 Å². The van der Waals surface area contributed by atoms with Crippen molar-refractivity contribution < 1.29 is 0 Å². The summed E-state index contributed by atoms with van der Waals surface area (Å²) in [6.45, 7) is 9.10. The Morgan fingerprint density at radius 1 is 0.325 bits per heavy atom. The fourth-order valence-electron chi connectivity index (χ4n) is 5.68. The minimum Gasteiger partial charge on any atom is -0.0620 e. The predicted molar refractivity (Wildman–Crippen MR) is 180 cm³/mol. The van der Waals surface area contributed by atoms with Gasteiger partial charge in [0.25, 0.3) is 0 Å². The van der Waals surface area contributed by atoms with Crippen molar-refractivity contribution in [1.29, 1.82) is 0 Å². The molecule has 196 valence electrons. The highest BCUT2D eigenvalue weighted by Gasteiger charge is 2.30. The number of benzene rings is 6. The molecule has 0 heterocycles. The molecule has 0 unspecified atom stereocenters. The van der Waals surface area contributed by atoms with E-state index in [1.165, 1.54) is 64.9 Å². The Hall–Kier alpha value is -3.56. The summed E-state index contributed by atoms with van der Waals surface area (Å²) in [6, 6.07) is 49.9. The lowest BCUT2D eigenvalue weighted by Crippen LogP contribution is -2.37. The maximum atomic E-state index is 2.45. The summed E-state index contributed by atoms with van der Waals surface area (Å²) < 4.78 is 0. The van der Waals surface area contributed by atoms with Crippen molar-refractivity contribution in [1.82, 2.24) is 0 Å². The molecular formula is C38H34P2. The smallest absolute Gasteiger partial charge is 0.00112 e. The molecule has 0 aliphatic carbocycles. The molecule has 0 fully saturated rings. The van der Waals surface area contributed by atoms with E-state index < -0.39 is 15.8 Å². The zero-order chi connectivity index (χ0) is 27.6. The first-order valence-electron chi connectivity index (χ1n) is 13.9. The van der Waals surface area contributed by atoms with Gasteiger partial charge in [-0.3, -0.25) is 0 Å². The molecule has 0 spiro atoms. The molecule has 6 aromatic rings. The second kappa shape index (κ2) is 11.5. The summed E-state index contributed by atoms with van der Waals surface area (Å²) >= 11 is 0. The third kappa shape index (κ3) is 4.92. The highest BCUT2D eigenvalue weighted by atomic mass is 31.1. The minimum atomic E-state index is -0.824. The van der Waals surface area contributed by atoms with E-state index in [1.807, 2.05) is 0 Å². The van der Waals surface area contributed by atoms with Gasteiger partial charge in [-0.05, 0) is 103 Å². The molecule has 0 aliphatic rings. The van der Waals surface area contributed by atoms with E-state index in [4.69, 9.17) is 0 Å². The van der Waals surface area contributed by atoms with E-state index >= 15 is 0 Å². The van der Waals surface area contributed by atoms with E-state index in [-0.39, 0.29) is 0 Å². The topological polar surface area (TPSA) is 0 Å². The van der Waals surface area contributed by atoms with Crippen molar-refractivity contribution >= 4 is 58.4 Å². The summed E-state index contributed by atoms with van der Waals surface area (Å²) in [6.07, 6.45) is 0. The standard InChI is InChI=1S/C38H34P2/c1-27-15-5-11-21-33(27)39(34-22-12-6-16-28(34)2)37-26-25-31-19-9-10-20-32(31)38(37)40(35-23-13-7-17-29(35)3)36-24-14-8-18-30(36)4/h5-26H,1-4H3. The van der Waals surface area contributed by atoms with Crippen molar-refractivity contribution in [3.63, 3.8) is 0 Å². The molecule has 2 heteroatoms. The van der Waals surface area contributed by atoms with Crippen molar-refractivity contribution in [3.05, 3.63) is 156 Å². The van der Waals surface area contributed by atoms with E-state index in [1.54, 1.807) is 0 Å². The number of rotatable bonds is 6. The lowest BCUT2D eigenvalue weighted by atomic mass is 10.1. The van der Waals surface area contributed by atoms with Crippen LogP contribution in [0.4, 0.5) is 0 Å². The molecule has 6 aromatic carbocycles. The average Bonchev–Trinajstić information content (AvgIpc) is 2.97. The Labute approximate surface area is 241 Å². The van der Waals surface area contributed by atoms with Crippen LogP contribution in [0.15, 0.2) is 133 Å². The van der Waals surface area contributed by atoms with Gasteiger partial charge >= 0.3 is 0 Å². The van der Waals surface area contributed by atoms with Crippen LogP contribution < -0.4 is 31.8 Å². The molecule has 0 aromatic heterocycles. The van der Waals surface area contributed by atoms with Gasteiger partial charge < -0.3 is 0 Å². The molecule has 0 radical (unpaired) electrons. The maximum absolute atomic E-state index is 2.45. The van der Waals surface area contributed by atoms with Crippen molar-refractivity contribution in [2.45, 2.75) is 27.7 Å². The Morgan fingerprint density at radius 2 is 0.700 bits per heavy atom. The number of hydrogen-bond donors (Lipinski definition) is 0. The van der Waals surface area contributed by atoms with Gasteiger partial charge in [0.05, 0.1) is 0 Å². The van der Waals surface area contributed by atoms with Crippen molar-refractivity contribution in [2.24, 2.45) is 0 Å². The van der Waals surface area contributed by atoms with Gasteiger partial charge in [-0.2, -0.15) is 0 Å². The zero-order valence-electron chi connectivity index (χ0n) is 23.6. The molecular weight excluding hydrogens is 518 g/mol. The van der Waals surface area contributed by atoms with Crippen molar-refractivity contribution in [3.8, 4) is 0 Å². The maximum Gasteiger partial charge on any atom is 0.00112 e. The van der Waals surface area contributed by atoms with Crippen LogP contribution in [0.25, 0.3) is 10.8 Å². The average molecular weight is 553 g/mol. The largest absolute Gasteiger partial charge is 0.0620 e. The second-order valence-electron chi connectivity index (χ2n) is 10.5. The Kier molecular flexibility index (Phi) is 7.67. The van der Waals surface area contributed by atoms with Crippen LogP contribution in [0.5, 0.6) is 0 Å². The fraction of sp³-hybridized carbons (Fsp3) is 0.105. The van der Waals surface area contributed by atoms with E-state index in [0.717, 1.165) is 0 Å². The molecule has 6 rings (SSSR count). The normalized spacial score (nSPS) is 11.4. The van der Waals surface area contributed by atoms with Crippen molar-refractivity contribution in [2.75, 3.05) is 0 Å². The zero-order valence-corrected chi connectivity index (χ0v) is 25.4. The molecule has 0 atom stereocenters. The third-order valence-electron chi connectivity index (χ3n) is 7.77. The van der Waals surface area contributed by atoms with Gasteiger partial charge in [0.15, 0.2) is 0 Å². The lowest BCUT2D eigenvalue weighted by Gasteiger charge is -2.31. The Balaban J connectivity index is 1.77. The first-order valence-corrected chi connectivity index (χ1v) is 16.6. The Morgan fingerprint density at radius 3 is 1.15 bits per heavy atom. The van der Waals surface area contributed by atoms with Crippen LogP contribution >= 0.6 is 15.8 Å². The second-order valence-corrected chi connectivity index (χ2v) is 14.7. The monoisotopic (exact) mass is 552 g/mol. The highest BCUT2D eigenvalue weighted by molar-refractivity contribution is 7.86. The molecule has 0 saturated heterocycles. The van der Waals surface area contributed by atoms with Crippen LogP contribution in [-0.4, -0.2) is 0 Å². The van der Waals surface area contributed by atoms with E-state index in [9.17, 15) is 0 Å². The van der Waals surface area contributed by atoms with E-state index in [0.29, 0.717) is 0 Å². The van der Waals surface area contributed by atoms with E-state index in [2.05, 4.69) is 161 Å². The number of hydrogen-bond acceptors (Lipinski definition) is 0. The van der Waals surface area contributed by atoms with Gasteiger partial charge in [-0.25, -0.2) is 0 Å². The fourth-order valence-corrected chi connectivity index (χ4v) is 11.7. The molecule has 0 aliphatic heterocycles. The molecule has 40 heavy (non-hydrogen) atoms. The SMILES string of the molecule is Cc1ccccc1P(c1ccccc1C)c1ccc2ccccc2c1P(c1ccccc1C)c1ccccc1C. The summed E-state index contributed by atoms with van der Waals surface area (Å²) in [5.74, 6) is 0. The minimum absolute atomic E-state index is 0.798. The molecule has 0 N–H and O–H groups in total. The predicted octanol–water partition coefficient (Wildman–Crippen LogP) is 7.59. The number of fused-ring (bicyclic) bond motifs is 1. The van der Waals surface area contributed by atoms with Crippen LogP contribution in [-0.2, 0) is 0 Å². The van der Waals surface area contributed by atoms with Gasteiger partial charge in [0, 0.05) is 5.30 Å². The van der Waals surface area contributed by atoms with Crippen LogP contribution in [0.1, 0.15) is 22.3 Å². The van der Waals surface area contributed by atoms with Crippen LogP contribution in [0, 0.1) is 27.7 Å². The van der Waals surface area contributed by atoms with Gasteiger partial charge in [0.1, 0.15) is 0 Å². The van der Waals surface area contributed by atoms with Gasteiger partial charge in [-0.15, -0.1) is 0 Å². The lowest BCUT2D eigenvalue weighted by molar-refractivity contribution is 1.50. The van der Waals surface area contributed by atoms with Crippen LogP contribution in [0.2, 0.25) is 0 Å². The summed E-state index contributed by atoms with van der Waals surface area (Å²) in [4.78, 5) is 0. The van der Waals surface area contributed by atoms with Gasteiger partial charge in [-0.1, -0.05) is 133 Å². The molecule has 0 bridgehead atoms. The Bertz CT molecular complexity index is 1730. The first kappa shape index (κ1) is 26.7. The molecule has 0 saturated carbocycles. The first-order chi connectivity index (χ1) is 19.5. The third-order valence-corrected chi connectivity index (χ3v) is 13.7. The summed E-state index contributed by atoms with van der Waals surface area (Å²) in [7, 11) is -1.62.